The van der Waals surface area contributed by atoms with Crippen LogP contribution >= 0.6 is 15.9 Å². The van der Waals surface area contributed by atoms with Crippen molar-refractivity contribution < 1.29 is 4.79 Å². The Morgan fingerprint density at radius 1 is 1.14 bits per heavy atom. The minimum absolute atomic E-state index is 0.205. The van der Waals surface area contributed by atoms with Crippen molar-refractivity contribution in [3.8, 4) is 0 Å². The highest BCUT2D eigenvalue weighted by molar-refractivity contribution is 9.10. The molecule has 0 radical (unpaired) electrons. The van der Waals surface area contributed by atoms with Gasteiger partial charge in [-0.15, -0.1) is 0 Å². The number of fused-ring (bicyclic) bond motifs is 1. The maximum absolute atomic E-state index is 12.4. The van der Waals surface area contributed by atoms with Gasteiger partial charge in [0.05, 0.1) is 5.56 Å². The van der Waals surface area contributed by atoms with Crippen LogP contribution in [0.5, 0.6) is 0 Å². The average Bonchev–Trinajstić information content (AvgIpc) is 2.50. The zero-order valence-corrected chi connectivity index (χ0v) is 12.6. The quantitative estimate of drug-likeness (QED) is 0.744. The molecular formula is C16H12BrN3O. The second kappa shape index (κ2) is 5.54. The standard InChI is InChI=1S/C16H12BrN3O/c17-11-8-13(15(18)19-9-11)16(21)20-14-7-3-5-10-4-1-2-6-12(10)14/h1-9H,(H2,18,19)(H,20,21). The molecule has 3 rings (SSSR count). The summed E-state index contributed by atoms with van der Waals surface area (Å²) in [5.74, 6) is -0.0754. The number of hydrogen-bond donors (Lipinski definition) is 2. The number of pyridine rings is 1. The van der Waals surface area contributed by atoms with Crippen molar-refractivity contribution in [2.45, 2.75) is 0 Å². The monoisotopic (exact) mass is 341 g/mol. The third-order valence-electron chi connectivity index (χ3n) is 3.17. The molecule has 0 bridgehead atoms. The number of carbonyl (C=O) groups is 1. The summed E-state index contributed by atoms with van der Waals surface area (Å²) in [6, 6.07) is 15.3. The van der Waals surface area contributed by atoms with Crippen molar-refractivity contribution in [2.24, 2.45) is 0 Å². The molecule has 0 atom stereocenters. The first-order valence-corrected chi connectivity index (χ1v) is 7.14. The zero-order chi connectivity index (χ0) is 14.8. The smallest absolute Gasteiger partial charge is 0.259 e. The van der Waals surface area contributed by atoms with Crippen molar-refractivity contribution in [2.75, 3.05) is 11.1 Å². The lowest BCUT2D eigenvalue weighted by Gasteiger charge is -2.10. The molecule has 0 aliphatic rings. The van der Waals surface area contributed by atoms with E-state index in [-0.39, 0.29) is 11.7 Å². The number of rotatable bonds is 2. The van der Waals surface area contributed by atoms with Crippen LogP contribution < -0.4 is 11.1 Å². The largest absolute Gasteiger partial charge is 0.383 e. The maximum Gasteiger partial charge on any atom is 0.259 e. The number of aromatic nitrogens is 1. The lowest BCUT2D eigenvalue weighted by molar-refractivity contribution is 0.102. The fraction of sp³-hybridized carbons (Fsp3) is 0. The average molecular weight is 342 g/mol. The number of nitrogens with one attached hydrogen (secondary N) is 1. The number of nitrogens with zero attached hydrogens (tertiary/aromatic N) is 1. The fourth-order valence-corrected chi connectivity index (χ4v) is 2.49. The van der Waals surface area contributed by atoms with Crippen LogP contribution in [0.15, 0.2) is 59.2 Å². The van der Waals surface area contributed by atoms with E-state index in [1.165, 1.54) is 0 Å². The second-order valence-electron chi connectivity index (χ2n) is 4.57. The van der Waals surface area contributed by atoms with Gasteiger partial charge in [0, 0.05) is 21.7 Å². The van der Waals surface area contributed by atoms with Crippen LogP contribution in [0.3, 0.4) is 0 Å². The summed E-state index contributed by atoms with van der Waals surface area (Å²) in [6.07, 6.45) is 1.56. The summed E-state index contributed by atoms with van der Waals surface area (Å²) >= 11 is 3.29. The first kappa shape index (κ1) is 13.6. The van der Waals surface area contributed by atoms with E-state index in [1.807, 2.05) is 42.5 Å². The minimum Gasteiger partial charge on any atom is -0.383 e. The van der Waals surface area contributed by atoms with Crippen LogP contribution in [0, 0.1) is 0 Å². The number of hydrogen-bond acceptors (Lipinski definition) is 3. The van der Waals surface area contributed by atoms with Crippen LogP contribution in [0.25, 0.3) is 10.8 Å². The van der Waals surface area contributed by atoms with E-state index in [2.05, 4.69) is 26.2 Å². The Balaban J connectivity index is 1.99. The summed E-state index contributed by atoms with van der Waals surface area (Å²) in [5, 5.41) is 4.94. The first-order chi connectivity index (χ1) is 10.1. The highest BCUT2D eigenvalue weighted by atomic mass is 79.9. The fourth-order valence-electron chi connectivity index (χ4n) is 2.16. The van der Waals surface area contributed by atoms with E-state index < -0.39 is 0 Å². The molecule has 104 valence electrons. The van der Waals surface area contributed by atoms with E-state index >= 15 is 0 Å². The molecule has 4 nitrogen and oxygen atoms in total. The molecule has 5 heteroatoms. The van der Waals surface area contributed by atoms with E-state index in [0.717, 1.165) is 16.5 Å². The van der Waals surface area contributed by atoms with E-state index in [1.54, 1.807) is 12.3 Å². The topological polar surface area (TPSA) is 68.0 Å². The number of nitrogens with two attached hydrogens (primary N) is 1. The predicted molar refractivity (Wildman–Crippen MR) is 88.3 cm³/mol. The summed E-state index contributed by atoms with van der Waals surface area (Å²) in [4.78, 5) is 16.4. The van der Waals surface area contributed by atoms with Gasteiger partial charge in [-0.3, -0.25) is 4.79 Å². The second-order valence-corrected chi connectivity index (χ2v) is 5.48. The van der Waals surface area contributed by atoms with Gasteiger partial charge in [-0.1, -0.05) is 36.4 Å². The van der Waals surface area contributed by atoms with Gasteiger partial charge in [-0.2, -0.15) is 0 Å². The molecule has 0 saturated heterocycles. The van der Waals surface area contributed by atoms with Gasteiger partial charge < -0.3 is 11.1 Å². The Morgan fingerprint density at radius 2 is 1.90 bits per heavy atom. The number of amides is 1. The van der Waals surface area contributed by atoms with E-state index in [4.69, 9.17) is 5.73 Å². The Morgan fingerprint density at radius 3 is 2.76 bits per heavy atom. The summed E-state index contributed by atoms with van der Waals surface area (Å²) in [7, 11) is 0. The molecule has 3 aromatic rings. The Hall–Kier alpha value is -2.40. The molecule has 21 heavy (non-hydrogen) atoms. The molecule has 0 aliphatic heterocycles. The van der Waals surface area contributed by atoms with Crippen molar-refractivity contribution in [3.63, 3.8) is 0 Å². The Labute approximate surface area is 130 Å². The maximum atomic E-state index is 12.4. The van der Waals surface area contributed by atoms with E-state index in [9.17, 15) is 4.79 Å². The first-order valence-electron chi connectivity index (χ1n) is 6.35. The number of carbonyl (C=O) groups excluding carboxylic acids is 1. The van der Waals surface area contributed by atoms with Gasteiger partial charge in [0.15, 0.2) is 0 Å². The molecular weight excluding hydrogens is 330 g/mol. The van der Waals surface area contributed by atoms with Crippen molar-refractivity contribution in [1.29, 1.82) is 0 Å². The van der Waals surface area contributed by atoms with Crippen LogP contribution in [0.1, 0.15) is 10.4 Å². The van der Waals surface area contributed by atoms with Gasteiger partial charge in [0.1, 0.15) is 5.82 Å². The Bertz CT molecular complexity index is 827. The number of anilines is 2. The SMILES string of the molecule is Nc1ncc(Br)cc1C(=O)Nc1cccc2ccccc12. The van der Waals surface area contributed by atoms with Crippen molar-refractivity contribution >= 4 is 44.1 Å². The summed E-state index contributed by atoms with van der Waals surface area (Å²) < 4.78 is 0.708. The zero-order valence-electron chi connectivity index (χ0n) is 11.0. The molecule has 0 fully saturated rings. The number of nitrogen functional groups attached to an aromatic ring is 1. The molecule has 0 spiro atoms. The third kappa shape index (κ3) is 2.73. The summed E-state index contributed by atoms with van der Waals surface area (Å²) in [6.45, 7) is 0. The van der Waals surface area contributed by atoms with Gasteiger partial charge in [-0.25, -0.2) is 4.98 Å². The minimum atomic E-state index is -0.280. The van der Waals surface area contributed by atoms with E-state index in [0.29, 0.717) is 10.0 Å². The molecule has 1 amide bonds. The molecule has 0 saturated carbocycles. The van der Waals surface area contributed by atoms with Gasteiger partial charge in [0.25, 0.3) is 5.91 Å². The molecule has 0 aliphatic carbocycles. The normalized spacial score (nSPS) is 10.5. The van der Waals surface area contributed by atoms with Crippen LogP contribution in [0.2, 0.25) is 0 Å². The molecule has 3 N–H and O–H groups in total. The lowest BCUT2D eigenvalue weighted by atomic mass is 10.1. The lowest BCUT2D eigenvalue weighted by Crippen LogP contribution is -2.15. The predicted octanol–water partition coefficient (Wildman–Crippen LogP) is 3.83. The van der Waals surface area contributed by atoms with Crippen molar-refractivity contribution in [1.82, 2.24) is 4.98 Å². The van der Waals surface area contributed by atoms with Gasteiger partial charge in [-0.05, 0) is 33.4 Å². The van der Waals surface area contributed by atoms with Crippen LogP contribution in [0.4, 0.5) is 11.5 Å². The number of halogens is 1. The number of benzene rings is 2. The van der Waals surface area contributed by atoms with Gasteiger partial charge >= 0.3 is 0 Å². The van der Waals surface area contributed by atoms with Crippen LogP contribution in [-0.4, -0.2) is 10.9 Å². The molecule has 1 heterocycles. The highest BCUT2D eigenvalue weighted by Gasteiger charge is 2.12. The van der Waals surface area contributed by atoms with Crippen molar-refractivity contribution in [3.05, 3.63) is 64.8 Å². The Kier molecular flexibility index (Phi) is 3.58. The third-order valence-corrected chi connectivity index (χ3v) is 3.60. The van der Waals surface area contributed by atoms with Gasteiger partial charge in [0.2, 0.25) is 0 Å². The summed E-state index contributed by atoms with van der Waals surface area (Å²) in [5.41, 5.74) is 6.86. The molecule has 0 unspecified atom stereocenters. The highest BCUT2D eigenvalue weighted by Crippen LogP contribution is 2.24. The molecule has 2 aromatic carbocycles. The molecule has 1 aromatic heterocycles. The van der Waals surface area contributed by atoms with Crippen LogP contribution in [-0.2, 0) is 0 Å².